The fourth-order valence-electron chi connectivity index (χ4n) is 1.84. The van der Waals surface area contributed by atoms with E-state index in [-0.39, 0.29) is 6.04 Å². The SMILES string of the molecule is CCN(CC)CC1COCCN1C(=O)O. The smallest absolute Gasteiger partial charge is 0.407 e. The Morgan fingerprint density at radius 2 is 2.20 bits per heavy atom. The summed E-state index contributed by atoms with van der Waals surface area (Å²) in [6.07, 6.45) is -0.838. The molecule has 1 fully saturated rings. The lowest BCUT2D eigenvalue weighted by molar-refractivity contribution is -0.0107. The Balaban J connectivity index is 2.52. The fraction of sp³-hybridized carbons (Fsp3) is 0.900. The molecule has 1 rings (SSSR count). The average molecular weight is 216 g/mol. The second-order valence-electron chi connectivity index (χ2n) is 3.69. The topological polar surface area (TPSA) is 53.0 Å². The van der Waals surface area contributed by atoms with Crippen LogP contribution >= 0.6 is 0 Å². The molecule has 88 valence electrons. The number of rotatable bonds is 4. The van der Waals surface area contributed by atoms with Crippen LogP contribution in [0.4, 0.5) is 4.79 Å². The first-order valence-electron chi connectivity index (χ1n) is 5.48. The van der Waals surface area contributed by atoms with E-state index in [1.54, 1.807) is 0 Å². The maximum atomic E-state index is 11.0. The predicted octanol–water partition coefficient (Wildman–Crippen LogP) is 0.707. The molecule has 1 unspecified atom stereocenters. The van der Waals surface area contributed by atoms with Crippen molar-refractivity contribution in [1.82, 2.24) is 9.80 Å². The maximum absolute atomic E-state index is 11.0. The Kier molecular flexibility index (Phi) is 4.84. The highest BCUT2D eigenvalue weighted by atomic mass is 16.5. The van der Waals surface area contributed by atoms with Gasteiger partial charge >= 0.3 is 6.09 Å². The molecular weight excluding hydrogens is 196 g/mol. The molecule has 1 aliphatic rings. The van der Waals surface area contributed by atoms with E-state index in [9.17, 15) is 4.79 Å². The third-order valence-electron chi connectivity index (χ3n) is 2.84. The van der Waals surface area contributed by atoms with Crippen LogP contribution in [-0.4, -0.2) is 66.4 Å². The number of carboxylic acid groups (broad SMARTS) is 1. The van der Waals surface area contributed by atoms with Crippen molar-refractivity contribution in [3.63, 3.8) is 0 Å². The van der Waals surface area contributed by atoms with Gasteiger partial charge in [0.1, 0.15) is 0 Å². The maximum Gasteiger partial charge on any atom is 0.407 e. The Labute approximate surface area is 90.6 Å². The molecule has 0 saturated carbocycles. The van der Waals surface area contributed by atoms with E-state index >= 15 is 0 Å². The number of hydrogen-bond donors (Lipinski definition) is 1. The third kappa shape index (κ3) is 3.35. The van der Waals surface area contributed by atoms with Crippen molar-refractivity contribution in [2.24, 2.45) is 0 Å². The molecule has 0 spiro atoms. The monoisotopic (exact) mass is 216 g/mol. The molecule has 0 aliphatic carbocycles. The zero-order valence-electron chi connectivity index (χ0n) is 9.48. The number of amides is 1. The minimum Gasteiger partial charge on any atom is -0.465 e. The van der Waals surface area contributed by atoms with Crippen molar-refractivity contribution in [1.29, 1.82) is 0 Å². The van der Waals surface area contributed by atoms with Crippen LogP contribution < -0.4 is 0 Å². The minimum atomic E-state index is -0.838. The zero-order chi connectivity index (χ0) is 11.3. The Morgan fingerprint density at radius 3 is 2.73 bits per heavy atom. The molecule has 1 atom stereocenters. The van der Waals surface area contributed by atoms with Crippen LogP contribution in [0.5, 0.6) is 0 Å². The average Bonchev–Trinajstić information content (AvgIpc) is 2.26. The predicted molar refractivity (Wildman–Crippen MR) is 57.1 cm³/mol. The highest BCUT2D eigenvalue weighted by Crippen LogP contribution is 2.08. The Bertz CT molecular complexity index is 207. The van der Waals surface area contributed by atoms with Crippen LogP contribution in [0.15, 0.2) is 0 Å². The van der Waals surface area contributed by atoms with Crippen molar-refractivity contribution in [3.8, 4) is 0 Å². The number of ether oxygens (including phenoxy) is 1. The lowest BCUT2D eigenvalue weighted by atomic mass is 10.2. The third-order valence-corrected chi connectivity index (χ3v) is 2.84. The van der Waals surface area contributed by atoms with Crippen LogP contribution in [0.3, 0.4) is 0 Å². The van der Waals surface area contributed by atoms with Crippen molar-refractivity contribution >= 4 is 6.09 Å². The van der Waals surface area contributed by atoms with Gasteiger partial charge in [0.2, 0.25) is 0 Å². The van der Waals surface area contributed by atoms with Crippen LogP contribution in [0.1, 0.15) is 13.8 Å². The Morgan fingerprint density at radius 1 is 1.53 bits per heavy atom. The van der Waals surface area contributed by atoms with E-state index < -0.39 is 6.09 Å². The van der Waals surface area contributed by atoms with Crippen LogP contribution in [-0.2, 0) is 4.74 Å². The van der Waals surface area contributed by atoms with E-state index in [1.807, 2.05) is 0 Å². The summed E-state index contributed by atoms with van der Waals surface area (Å²) >= 11 is 0. The molecular formula is C10H20N2O3. The zero-order valence-corrected chi connectivity index (χ0v) is 9.48. The van der Waals surface area contributed by atoms with E-state index in [0.29, 0.717) is 19.8 Å². The molecule has 1 heterocycles. The van der Waals surface area contributed by atoms with E-state index in [4.69, 9.17) is 9.84 Å². The van der Waals surface area contributed by atoms with E-state index in [2.05, 4.69) is 18.7 Å². The first-order chi connectivity index (χ1) is 7.19. The quantitative estimate of drug-likeness (QED) is 0.752. The van der Waals surface area contributed by atoms with Crippen LogP contribution in [0, 0.1) is 0 Å². The number of nitrogens with zero attached hydrogens (tertiary/aromatic N) is 2. The van der Waals surface area contributed by atoms with Gasteiger partial charge in [-0.25, -0.2) is 4.79 Å². The largest absolute Gasteiger partial charge is 0.465 e. The molecule has 15 heavy (non-hydrogen) atoms. The number of carbonyl (C=O) groups is 1. The molecule has 0 aromatic carbocycles. The molecule has 1 amide bonds. The van der Waals surface area contributed by atoms with Gasteiger partial charge in [-0.1, -0.05) is 13.8 Å². The summed E-state index contributed by atoms with van der Waals surface area (Å²) in [5.74, 6) is 0. The summed E-state index contributed by atoms with van der Waals surface area (Å²) in [4.78, 5) is 14.7. The molecule has 0 aromatic heterocycles. The number of likely N-dealkylation sites (N-methyl/N-ethyl adjacent to an activating group) is 1. The first-order valence-corrected chi connectivity index (χ1v) is 5.48. The summed E-state index contributed by atoms with van der Waals surface area (Å²) in [5.41, 5.74) is 0. The second-order valence-corrected chi connectivity index (χ2v) is 3.69. The number of hydrogen-bond acceptors (Lipinski definition) is 3. The van der Waals surface area contributed by atoms with Crippen molar-refractivity contribution in [3.05, 3.63) is 0 Å². The highest BCUT2D eigenvalue weighted by molar-refractivity contribution is 5.65. The second kappa shape index (κ2) is 5.92. The molecule has 5 heteroatoms. The summed E-state index contributed by atoms with van der Waals surface area (Å²) in [5, 5.41) is 9.02. The van der Waals surface area contributed by atoms with Gasteiger partial charge in [-0.15, -0.1) is 0 Å². The van der Waals surface area contributed by atoms with Gasteiger partial charge in [0, 0.05) is 13.1 Å². The van der Waals surface area contributed by atoms with Gasteiger partial charge < -0.3 is 14.7 Å². The lowest BCUT2D eigenvalue weighted by Crippen LogP contribution is -2.53. The highest BCUT2D eigenvalue weighted by Gasteiger charge is 2.27. The van der Waals surface area contributed by atoms with Gasteiger partial charge in [0.05, 0.1) is 19.3 Å². The van der Waals surface area contributed by atoms with Gasteiger partial charge in [-0.2, -0.15) is 0 Å². The van der Waals surface area contributed by atoms with Crippen molar-refractivity contribution in [2.75, 3.05) is 39.4 Å². The summed E-state index contributed by atoms with van der Waals surface area (Å²) in [6, 6.07) is -0.0175. The standard InChI is InChI=1S/C10H20N2O3/c1-3-11(4-2)7-9-8-15-6-5-12(9)10(13)14/h9H,3-8H2,1-2H3,(H,13,14). The summed E-state index contributed by atoms with van der Waals surface area (Å²) in [6.45, 7) is 8.34. The summed E-state index contributed by atoms with van der Waals surface area (Å²) < 4.78 is 5.32. The van der Waals surface area contributed by atoms with Gasteiger partial charge in [0.25, 0.3) is 0 Å². The lowest BCUT2D eigenvalue weighted by Gasteiger charge is -2.36. The Hall–Kier alpha value is -0.810. The normalized spacial score (nSPS) is 22.1. The van der Waals surface area contributed by atoms with E-state index in [1.165, 1.54) is 4.90 Å². The van der Waals surface area contributed by atoms with Crippen LogP contribution in [0.2, 0.25) is 0 Å². The molecule has 1 N–H and O–H groups in total. The molecule has 1 saturated heterocycles. The molecule has 5 nitrogen and oxygen atoms in total. The van der Waals surface area contributed by atoms with Crippen molar-refractivity contribution in [2.45, 2.75) is 19.9 Å². The summed E-state index contributed by atoms with van der Waals surface area (Å²) in [7, 11) is 0. The van der Waals surface area contributed by atoms with Crippen LogP contribution in [0.25, 0.3) is 0 Å². The van der Waals surface area contributed by atoms with Gasteiger partial charge in [-0.05, 0) is 13.1 Å². The molecule has 1 aliphatic heterocycles. The van der Waals surface area contributed by atoms with E-state index in [0.717, 1.165) is 19.6 Å². The molecule has 0 bridgehead atoms. The minimum absolute atomic E-state index is 0.0175. The first kappa shape index (κ1) is 12.3. The molecule has 0 aromatic rings. The van der Waals surface area contributed by atoms with Crippen molar-refractivity contribution < 1.29 is 14.6 Å². The fourth-order valence-corrected chi connectivity index (χ4v) is 1.84. The van der Waals surface area contributed by atoms with Gasteiger partial charge in [-0.3, -0.25) is 4.90 Å². The molecule has 0 radical (unpaired) electrons. The van der Waals surface area contributed by atoms with Gasteiger partial charge in [0.15, 0.2) is 0 Å². The number of morpholine rings is 1.